The van der Waals surface area contributed by atoms with Crippen LogP contribution >= 0.6 is 11.8 Å². The normalized spacial score (nSPS) is 19.8. The van der Waals surface area contributed by atoms with Crippen molar-refractivity contribution in [2.45, 2.75) is 101 Å². The topological polar surface area (TPSA) is 76.0 Å². The predicted molar refractivity (Wildman–Crippen MR) is 108 cm³/mol. The van der Waals surface area contributed by atoms with E-state index in [4.69, 9.17) is 4.98 Å². The zero-order valence-corrected chi connectivity index (χ0v) is 17.5. The van der Waals surface area contributed by atoms with E-state index in [0.29, 0.717) is 6.04 Å². The molecule has 0 aromatic carbocycles. The minimum atomic E-state index is -0.372. The first-order valence-electron chi connectivity index (χ1n) is 10.3. The number of hydrogen-bond acceptors (Lipinski definition) is 4. The largest absolute Gasteiger partial charge is 0.335 e. The van der Waals surface area contributed by atoms with E-state index >= 15 is 0 Å². The fourth-order valence-electron chi connectivity index (χ4n) is 4.17. The third-order valence-electron chi connectivity index (χ3n) is 5.87. The number of urea groups is 1. The molecule has 0 unspecified atom stereocenters. The summed E-state index contributed by atoms with van der Waals surface area (Å²) in [6, 6.07) is 0.311. The molecule has 0 bridgehead atoms. The van der Waals surface area contributed by atoms with Gasteiger partial charge in [0.2, 0.25) is 5.91 Å². The lowest BCUT2D eigenvalue weighted by Crippen LogP contribution is -2.47. The molecule has 7 heteroatoms. The van der Waals surface area contributed by atoms with E-state index < -0.39 is 0 Å². The monoisotopic (exact) mass is 392 g/mol. The fourth-order valence-corrected chi connectivity index (χ4v) is 5.24. The maximum absolute atomic E-state index is 12.5. The summed E-state index contributed by atoms with van der Waals surface area (Å²) in [7, 11) is 0. The molecule has 2 fully saturated rings. The highest BCUT2D eigenvalue weighted by atomic mass is 32.2. The smallest absolute Gasteiger partial charge is 0.321 e. The number of thioether (sulfide) groups is 1. The van der Waals surface area contributed by atoms with E-state index in [-0.39, 0.29) is 23.2 Å². The Kier molecular flexibility index (Phi) is 6.84. The van der Waals surface area contributed by atoms with Crippen molar-refractivity contribution in [3.05, 3.63) is 11.4 Å². The van der Waals surface area contributed by atoms with Gasteiger partial charge in [-0.25, -0.2) is 9.78 Å². The first-order chi connectivity index (χ1) is 13.0. The number of nitrogens with one attached hydrogen (secondary N) is 2. The van der Waals surface area contributed by atoms with Gasteiger partial charge < -0.3 is 9.88 Å². The second kappa shape index (κ2) is 9.13. The van der Waals surface area contributed by atoms with Crippen LogP contribution in [0.15, 0.2) is 5.16 Å². The molecule has 150 valence electrons. The molecular weight excluding hydrogens is 360 g/mol. The van der Waals surface area contributed by atoms with Crippen molar-refractivity contribution in [3.63, 3.8) is 0 Å². The molecule has 2 N–H and O–H groups in total. The van der Waals surface area contributed by atoms with Gasteiger partial charge in [-0.15, -0.1) is 0 Å². The summed E-state index contributed by atoms with van der Waals surface area (Å²) in [4.78, 5) is 29.3. The summed E-state index contributed by atoms with van der Waals surface area (Å²) in [5, 5.41) is 5.97. The molecule has 1 heterocycles. The Bertz CT molecular complexity index is 676. The standard InChI is InChI=1S/C20H32N4O2S/c1-13-14(2)24(17-11-7-8-12-17)20(21-13)27-15(3)18(25)23-19(26)22-16-9-5-4-6-10-16/h15-17H,4-12H2,1-3H3,(H2,22,23,25,26)/t15-/m1/s1. The van der Waals surface area contributed by atoms with Crippen molar-refractivity contribution in [2.24, 2.45) is 0 Å². The van der Waals surface area contributed by atoms with Gasteiger partial charge in [0.05, 0.1) is 10.9 Å². The number of hydrogen-bond donors (Lipinski definition) is 2. The van der Waals surface area contributed by atoms with Crippen LogP contribution in [0.1, 0.15) is 82.1 Å². The van der Waals surface area contributed by atoms with Crippen molar-refractivity contribution < 1.29 is 9.59 Å². The van der Waals surface area contributed by atoms with Crippen LogP contribution in [0.25, 0.3) is 0 Å². The highest BCUT2D eigenvalue weighted by molar-refractivity contribution is 8.00. The summed E-state index contributed by atoms with van der Waals surface area (Å²) in [6.45, 7) is 5.96. The zero-order valence-electron chi connectivity index (χ0n) is 16.7. The van der Waals surface area contributed by atoms with E-state index in [0.717, 1.165) is 36.5 Å². The summed E-state index contributed by atoms with van der Waals surface area (Å²) >= 11 is 1.45. The number of carbonyl (C=O) groups excluding carboxylic acids is 2. The quantitative estimate of drug-likeness (QED) is 0.734. The average molecular weight is 393 g/mol. The highest BCUT2D eigenvalue weighted by Crippen LogP contribution is 2.36. The molecule has 0 spiro atoms. The summed E-state index contributed by atoms with van der Waals surface area (Å²) < 4.78 is 2.30. The molecule has 1 atom stereocenters. The SMILES string of the molecule is Cc1nc(S[C@H](C)C(=O)NC(=O)NC2CCCCC2)n(C2CCCC2)c1C. The second-order valence-corrected chi connectivity index (χ2v) is 9.24. The predicted octanol–water partition coefficient (Wildman–Crippen LogP) is 4.25. The number of aromatic nitrogens is 2. The van der Waals surface area contributed by atoms with Crippen LogP contribution in [-0.2, 0) is 4.79 Å². The van der Waals surface area contributed by atoms with Crippen LogP contribution in [0.2, 0.25) is 0 Å². The lowest BCUT2D eigenvalue weighted by atomic mass is 9.96. The Hall–Kier alpha value is -1.50. The Morgan fingerprint density at radius 2 is 1.70 bits per heavy atom. The van der Waals surface area contributed by atoms with Gasteiger partial charge in [0.15, 0.2) is 5.16 Å². The third kappa shape index (κ3) is 5.06. The van der Waals surface area contributed by atoms with Crippen LogP contribution in [-0.4, -0.2) is 32.8 Å². The number of imidazole rings is 1. The Morgan fingerprint density at radius 3 is 2.37 bits per heavy atom. The van der Waals surface area contributed by atoms with Crippen molar-refractivity contribution in [1.82, 2.24) is 20.2 Å². The van der Waals surface area contributed by atoms with Gasteiger partial charge in [0.1, 0.15) is 0 Å². The summed E-state index contributed by atoms with van der Waals surface area (Å²) in [5.74, 6) is -0.260. The highest BCUT2D eigenvalue weighted by Gasteiger charge is 2.26. The first kappa shape index (κ1) is 20.2. The van der Waals surface area contributed by atoms with Gasteiger partial charge in [-0.1, -0.05) is 43.9 Å². The van der Waals surface area contributed by atoms with E-state index in [1.54, 1.807) is 0 Å². The summed E-state index contributed by atoms with van der Waals surface area (Å²) in [6.07, 6.45) is 10.4. The molecule has 1 aromatic rings. The van der Waals surface area contributed by atoms with Crippen LogP contribution in [0.5, 0.6) is 0 Å². The van der Waals surface area contributed by atoms with Crippen LogP contribution < -0.4 is 10.6 Å². The third-order valence-corrected chi connectivity index (χ3v) is 6.94. The number of amides is 3. The van der Waals surface area contributed by atoms with E-state index in [2.05, 4.69) is 22.1 Å². The van der Waals surface area contributed by atoms with E-state index in [9.17, 15) is 9.59 Å². The van der Waals surface area contributed by atoms with Gasteiger partial charge in [-0.05, 0) is 46.5 Å². The summed E-state index contributed by atoms with van der Waals surface area (Å²) in [5.41, 5.74) is 2.21. The number of carbonyl (C=O) groups is 2. The zero-order chi connectivity index (χ0) is 19.4. The number of imide groups is 1. The number of aryl methyl sites for hydroxylation is 1. The molecule has 1 aromatic heterocycles. The van der Waals surface area contributed by atoms with Gasteiger partial charge in [-0.3, -0.25) is 10.1 Å². The second-order valence-electron chi connectivity index (χ2n) is 7.93. The van der Waals surface area contributed by atoms with Crippen LogP contribution in [0, 0.1) is 13.8 Å². The molecule has 2 aliphatic carbocycles. The van der Waals surface area contributed by atoms with Crippen molar-refractivity contribution in [2.75, 3.05) is 0 Å². The number of nitrogens with zero attached hydrogens (tertiary/aromatic N) is 2. The molecule has 0 saturated heterocycles. The minimum Gasteiger partial charge on any atom is -0.335 e. The first-order valence-corrected chi connectivity index (χ1v) is 11.2. The van der Waals surface area contributed by atoms with Crippen LogP contribution in [0.3, 0.4) is 0 Å². The average Bonchev–Trinajstić information content (AvgIpc) is 3.24. The van der Waals surface area contributed by atoms with Gasteiger partial charge in [-0.2, -0.15) is 0 Å². The molecule has 2 saturated carbocycles. The molecule has 0 aliphatic heterocycles. The lowest BCUT2D eigenvalue weighted by molar-refractivity contribution is -0.119. The van der Waals surface area contributed by atoms with E-state index in [1.807, 2.05) is 13.8 Å². The molecule has 0 radical (unpaired) electrons. The van der Waals surface area contributed by atoms with Gasteiger partial charge in [0, 0.05) is 17.8 Å². The van der Waals surface area contributed by atoms with Crippen molar-refractivity contribution in [1.29, 1.82) is 0 Å². The Labute approximate surface area is 166 Å². The Morgan fingerprint density at radius 1 is 1.07 bits per heavy atom. The molecule has 27 heavy (non-hydrogen) atoms. The maximum atomic E-state index is 12.5. The van der Waals surface area contributed by atoms with Gasteiger partial charge >= 0.3 is 6.03 Å². The lowest BCUT2D eigenvalue weighted by Gasteiger charge is -2.23. The molecule has 6 nitrogen and oxygen atoms in total. The van der Waals surface area contributed by atoms with E-state index in [1.165, 1.54) is 49.6 Å². The Balaban J connectivity index is 1.58. The molecule has 2 aliphatic rings. The van der Waals surface area contributed by atoms with Gasteiger partial charge in [0.25, 0.3) is 0 Å². The van der Waals surface area contributed by atoms with Crippen LogP contribution in [0.4, 0.5) is 4.79 Å². The fraction of sp³-hybridized carbons (Fsp3) is 0.750. The maximum Gasteiger partial charge on any atom is 0.321 e. The number of rotatable bonds is 5. The molecule has 3 rings (SSSR count). The van der Waals surface area contributed by atoms with Crippen molar-refractivity contribution >= 4 is 23.7 Å². The molecule has 3 amide bonds. The van der Waals surface area contributed by atoms with Crippen molar-refractivity contribution in [3.8, 4) is 0 Å². The molecular formula is C20H32N4O2S. The minimum absolute atomic E-state index is 0.195.